The van der Waals surface area contributed by atoms with Crippen LogP contribution in [0.2, 0.25) is 0 Å². The molecular formula is C16H28O. The molecule has 0 amide bonds. The average Bonchev–Trinajstić information content (AvgIpc) is 2.30. The topological polar surface area (TPSA) is 9.23 Å². The Morgan fingerprint density at radius 1 is 1.35 bits per heavy atom. The summed E-state index contributed by atoms with van der Waals surface area (Å²) in [7, 11) is 1.86. The van der Waals surface area contributed by atoms with Gasteiger partial charge in [-0.1, -0.05) is 25.5 Å². The summed E-state index contributed by atoms with van der Waals surface area (Å²) in [6, 6.07) is 0. The van der Waals surface area contributed by atoms with Crippen LogP contribution in [0.25, 0.3) is 0 Å². The van der Waals surface area contributed by atoms with Gasteiger partial charge in [0.1, 0.15) is 0 Å². The van der Waals surface area contributed by atoms with Crippen molar-refractivity contribution in [3.63, 3.8) is 0 Å². The normalized spacial score (nSPS) is 38.5. The minimum Gasteiger partial charge on any atom is -0.379 e. The van der Waals surface area contributed by atoms with E-state index in [9.17, 15) is 0 Å². The molecule has 0 spiro atoms. The van der Waals surface area contributed by atoms with Crippen LogP contribution in [0.3, 0.4) is 0 Å². The molecule has 0 saturated heterocycles. The van der Waals surface area contributed by atoms with Crippen molar-refractivity contribution in [1.29, 1.82) is 0 Å². The molecule has 0 unspecified atom stereocenters. The first kappa shape index (κ1) is 13.1. The number of allylic oxidation sites excluding steroid dienone is 2. The number of methoxy groups -OCH3 is 1. The molecule has 1 saturated carbocycles. The van der Waals surface area contributed by atoms with E-state index in [1.165, 1.54) is 32.1 Å². The van der Waals surface area contributed by atoms with Crippen LogP contribution in [-0.4, -0.2) is 12.7 Å². The molecule has 98 valence electrons. The van der Waals surface area contributed by atoms with Gasteiger partial charge in [0.25, 0.3) is 0 Å². The Hall–Kier alpha value is -0.300. The van der Waals surface area contributed by atoms with E-state index in [4.69, 9.17) is 4.74 Å². The van der Waals surface area contributed by atoms with E-state index in [1.807, 2.05) is 7.11 Å². The van der Waals surface area contributed by atoms with Crippen molar-refractivity contribution < 1.29 is 4.74 Å². The Morgan fingerprint density at radius 2 is 2.06 bits per heavy atom. The van der Waals surface area contributed by atoms with Crippen LogP contribution < -0.4 is 0 Å². The molecule has 0 heterocycles. The number of hydrogen-bond acceptors (Lipinski definition) is 1. The number of ether oxygens (including phenoxy) is 1. The fraction of sp³-hybridized carbons (Fsp3) is 0.875. The molecule has 1 nitrogen and oxygen atoms in total. The van der Waals surface area contributed by atoms with Gasteiger partial charge in [0.15, 0.2) is 0 Å². The maximum Gasteiger partial charge on any atom is 0.0651 e. The quantitative estimate of drug-likeness (QED) is 0.638. The molecule has 0 N–H and O–H groups in total. The first-order valence-electron chi connectivity index (χ1n) is 7.15. The summed E-state index contributed by atoms with van der Waals surface area (Å²) in [5.41, 5.74) is 2.21. The van der Waals surface area contributed by atoms with Gasteiger partial charge in [-0.05, 0) is 63.2 Å². The van der Waals surface area contributed by atoms with E-state index in [0.29, 0.717) is 11.3 Å². The molecule has 1 heteroatoms. The highest BCUT2D eigenvalue weighted by molar-refractivity contribution is 5.21. The lowest BCUT2D eigenvalue weighted by Crippen LogP contribution is -2.43. The van der Waals surface area contributed by atoms with E-state index in [-0.39, 0.29) is 5.60 Å². The minimum absolute atomic E-state index is 0.0334. The molecule has 0 aliphatic heterocycles. The highest BCUT2D eigenvalue weighted by Gasteiger charge is 2.45. The summed E-state index contributed by atoms with van der Waals surface area (Å²) < 4.78 is 5.72. The molecule has 1 fully saturated rings. The summed E-state index contributed by atoms with van der Waals surface area (Å²) in [6.45, 7) is 9.43. The molecule has 0 aromatic carbocycles. The van der Waals surface area contributed by atoms with Crippen molar-refractivity contribution in [3.8, 4) is 0 Å². The Labute approximate surface area is 107 Å². The van der Waals surface area contributed by atoms with Gasteiger partial charge >= 0.3 is 0 Å². The van der Waals surface area contributed by atoms with Gasteiger partial charge in [-0.2, -0.15) is 0 Å². The van der Waals surface area contributed by atoms with E-state index >= 15 is 0 Å². The molecule has 0 aromatic heterocycles. The first-order chi connectivity index (χ1) is 7.90. The van der Waals surface area contributed by atoms with Crippen molar-refractivity contribution in [3.05, 3.63) is 11.6 Å². The van der Waals surface area contributed by atoms with Crippen LogP contribution in [0, 0.1) is 17.3 Å². The Balaban J connectivity index is 2.21. The predicted octanol–water partition coefficient (Wildman–Crippen LogP) is 4.57. The van der Waals surface area contributed by atoms with Crippen molar-refractivity contribution in [2.24, 2.45) is 17.3 Å². The lowest BCUT2D eigenvalue weighted by atomic mass is 9.56. The smallest absolute Gasteiger partial charge is 0.0651 e. The van der Waals surface area contributed by atoms with Gasteiger partial charge in [-0.15, -0.1) is 0 Å². The minimum atomic E-state index is 0.0334. The number of rotatable bonds is 2. The summed E-state index contributed by atoms with van der Waals surface area (Å²) >= 11 is 0. The molecule has 3 atom stereocenters. The second kappa shape index (κ2) is 4.42. The zero-order valence-corrected chi connectivity index (χ0v) is 12.2. The lowest BCUT2D eigenvalue weighted by molar-refractivity contribution is -0.0572. The highest BCUT2D eigenvalue weighted by Crippen LogP contribution is 2.54. The van der Waals surface area contributed by atoms with Gasteiger partial charge in [0.05, 0.1) is 5.60 Å². The maximum atomic E-state index is 5.72. The fourth-order valence-corrected chi connectivity index (χ4v) is 3.80. The van der Waals surface area contributed by atoms with Gasteiger partial charge in [0, 0.05) is 7.11 Å². The lowest BCUT2D eigenvalue weighted by Gasteiger charge is -2.50. The van der Waals surface area contributed by atoms with Gasteiger partial charge < -0.3 is 4.74 Å². The molecule has 2 rings (SSSR count). The van der Waals surface area contributed by atoms with E-state index < -0.39 is 0 Å². The van der Waals surface area contributed by atoms with E-state index in [0.717, 1.165) is 5.92 Å². The zero-order valence-electron chi connectivity index (χ0n) is 12.2. The summed E-state index contributed by atoms with van der Waals surface area (Å²) in [5.74, 6) is 1.54. The third-order valence-corrected chi connectivity index (χ3v) is 5.75. The maximum absolute atomic E-state index is 5.72. The largest absolute Gasteiger partial charge is 0.379 e. The van der Waals surface area contributed by atoms with Crippen LogP contribution in [0.5, 0.6) is 0 Å². The molecule has 2 aliphatic carbocycles. The molecule has 0 radical (unpaired) electrons. The van der Waals surface area contributed by atoms with Crippen molar-refractivity contribution in [2.75, 3.05) is 7.11 Å². The van der Waals surface area contributed by atoms with Crippen LogP contribution >= 0.6 is 0 Å². The molecule has 2 aliphatic rings. The first-order valence-corrected chi connectivity index (χ1v) is 7.15. The monoisotopic (exact) mass is 236 g/mol. The summed E-state index contributed by atoms with van der Waals surface area (Å²) in [4.78, 5) is 0. The zero-order chi connectivity index (χ0) is 12.7. The Bertz CT molecular complexity index is 315. The Kier molecular flexibility index (Phi) is 3.42. The van der Waals surface area contributed by atoms with Crippen molar-refractivity contribution in [2.45, 2.75) is 65.4 Å². The average molecular weight is 236 g/mol. The van der Waals surface area contributed by atoms with E-state index in [2.05, 4.69) is 33.8 Å². The predicted molar refractivity (Wildman–Crippen MR) is 73.0 cm³/mol. The van der Waals surface area contributed by atoms with Crippen LogP contribution in [0.4, 0.5) is 0 Å². The SMILES string of the molecule is COC(C)(C)[C@@H]1CCC2=CCC[C@@H](C)[C@]2(C)C1. The third kappa shape index (κ3) is 2.19. The fourth-order valence-electron chi connectivity index (χ4n) is 3.80. The second-order valence-electron chi connectivity index (χ2n) is 6.87. The van der Waals surface area contributed by atoms with E-state index in [1.54, 1.807) is 5.57 Å². The van der Waals surface area contributed by atoms with Gasteiger partial charge in [0.2, 0.25) is 0 Å². The standard InChI is InChI=1S/C16H28O/c1-12-7-6-8-13-9-10-14(11-16(12,13)4)15(2,3)17-5/h8,12,14H,6-7,9-11H2,1-5H3/t12-,14-,16+/m1/s1. The highest BCUT2D eigenvalue weighted by atomic mass is 16.5. The van der Waals surface area contributed by atoms with Crippen LogP contribution in [-0.2, 0) is 4.74 Å². The molecule has 0 bridgehead atoms. The Morgan fingerprint density at radius 3 is 2.71 bits per heavy atom. The van der Waals surface area contributed by atoms with Crippen LogP contribution in [0.1, 0.15) is 59.8 Å². The summed E-state index contributed by atoms with van der Waals surface area (Å²) in [5, 5.41) is 0. The van der Waals surface area contributed by atoms with Gasteiger partial charge in [-0.25, -0.2) is 0 Å². The van der Waals surface area contributed by atoms with Crippen molar-refractivity contribution >= 4 is 0 Å². The third-order valence-electron chi connectivity index (χ3n) is 5.75. The number of fused-ring (bicyclic) bond motifs is 1. The number of hydrogen-bond donors (Lipinski definition) is 0. The second-order valence-corrected chi connectivity index (χ2v) is 6.87. The van der Waals surface area contributed by atoms with Gasteiger partial charge in [-0.3, -0.25) is 0 Å². The molecular weight excluding hydrogens is 208 g/mol. The molecule has 0 aromatic rings. The summed E-state index contributed by atoms with van der Waals surface area (Å²) in [6.07, 6.45) is 9.08. The molecule has 17 heavy (non-hydrogen) atoms. The van der Waals surface area contributed by atoms with Crippen LogP contribution in [0.15, 0.2) is 11.6 Å². The van der Waals surface area contributed by atoms with Crippen molar-refractivity contribution in [1.82, 2.24) is 0 Å².